The van der Waals surface area contributed by atoms with E-state index < -0.39 is 0 Å². The molecular formula is C15H24IN3O2. The predicted molar refractivity (Wildman–Crippen MR) is 96.3 cm³/mol. The Morgan fingerprint density at radius 3 is 2.52 bits per heavy atom. The molecule has 1 aliphatic heterocycles. The first kappa shape index (κ1) is 17.9. The Morgan fingerprint density at radius 2 is 1.90 bits per heavy atom. The lowest BCUT2D eigenvalue weighted by Gasteiger charge is -2.28. The number of halogens is 1. The van der Waals surface area contributed by atoms with Crippen molar-refractivity contribution in [3.63, 3.8) is 0 Å². The maximum Gasteiger partial charge on any atom is 0.190 e. The molecule has 0 bridgehead atoms. The normalized spacial score (nSPS) is 14.2. The summed E-state index contributed by atoms with van der Waals surface area (Å²) in [6.07, 6.45) is 0. The molecule has 0 saturated heterocycles. The van der Waals surface area contributed by atoms with Crippen LogP contribution in [-0.4, -0.2) is 39.8 Å². The van der Waals surface area contributed by atoms with Gasteiger partial charge >= 0.3 is 0 Å². The summed E-state index contributed by atoms with van der Waals surface area (Å²) in [5.41, 5.74) is 1.17. The molecule has 5 nitrogen and oxygen atoms in total. The fraction of sp³-hybridized carbons (Fsp3) is 0.533. The molecule has 118 valence electrons. The molecule has 6 heteroatoms. The summed E-state index contributed by atoms with van der Waals surface area (Å²) in [6.45, 7) is 6.39. The molecule has 0 atom stereocenters. The van der Waals surface area contributed by atoms with Crippen molar-refractivity contribution in [2.45, 2.75) is 19.3 Å². The highest BCUT2D eigenvalue weighted by Gasteiger charge is 2.23. The molecule has 21 heavy (non-hydrogen) atoms. The van der Waals surface area contributed by atoms with Crippen LogP contribution in [0.4, 0.5) is 0 Å². The van der Waals surface area contributed by atoms with Crippen LogP contribution < -0.4 is 20.1 Å². The molecule has 0 unspecified atom stereocenters. The Labute approximate surface area is 143 Å². The van der Waals surface area contributed by atoms with Crippen molar-refractivity contribution in [2.24, 2.45) is 4.99 Å². The molecule has 1 aromatic rings. The molecule has 2 N–H and O–H groups in total. The summed E-state index contributed by atoms with van der Waals surface area (Å²) in [4.78, 5) is 4.12. The number of ether oxygens (including phenoxy) is 2. The van der Waals surface area contributed by atoms with Crippen molar-refractivity contribution in [2.75, 3.05) is 33.9 Å². The third-order valence-corrected chi connectivity index (χ3v) is 3.48. The topological polar surface area (TPSA) is 54.9 Å². The van der Waals surface area contributed by atoms with Crippen molar-refractivity contribution < 1.29 is 9.47 Å². The number of rotatable bonds is 3. The highest BCUT2D eigenvalue weighted by molar-refractivity contribution is 14.0. The van der Waals surface area contributed by atoms with E-state index in [1.165, 1.54) is 5.56 Å². The van der Waals surface area contributed by atoms with Gasteiger partial charge in [-0.25, -0.2) is 0 Å². The quantitative estimate of drug-likeness (QED) is 0.460. The van der Waals surface area contributed by atoms with Gasteiger partial charge in [-0.05, 0) is 17.7 Å². The number of nitrogens with zero attached hydrogens (tertiary/aromatic N) is 1. The summed E-state index contributed by atoms with van der Waals surface area (Å²) < 4.78 is 11.2. The maximum absolute atomic E-state index is 5.65. The second kappa shape index (κ2) is 7.72. The van der Waals surface area contributed by atoms with Crippen LogP contribution in [0.25, 0.3) is 0 Å². The molecule has 1 aliphatic rings. The van der Waals surface area contributed by atoms with Crippen LogP contribution in [0.1, 0.15) is 19.4 Å². The minimum absolute atomic E-state index is 0. The number of nitrogens with one attached hydrogen (secondary N) is 2. The first-order valence-corrected chi connectivity index (χ1v) is 6.85. The smallest absolute Gasteiger partial charge is 0.190 e. The molecular weight excluding hydrogens is 381 g/mol. The first-order valence-electron chi connectivity index (χ1n) is 6.85. The molecule has 0 amide bonds. The van der Waals surface area contributed by atoms with Crippen LogP contribution in [0.2, 0.25) is 0 Å². The predicted octanol–water partition coefficient (Wildman–Crippen LogP) is 2.15. The van der Waals surface area contributed by atoms with Crippen molar-refractivity contribution in [3.8, 4) is 11.5 Å². The number of benzene rings is 1. The first-order chi connectivity index (χ1) is 9.56. The number of aliphatic imine (C=N–C) groups is 1. The highest BCUT2D eigenvalue weighted by atomic mass is 127. The molecule has 0 fully saturated rings. The fourth-order valence-electron chi connectivity index (χ4n) is 2.15. The molecule has 2 rings (SSSR count). The SMILES string of the molecule is CN=C(NC)NCC(C)(C)c1ccc2c(c1)OCCO2.I. The van der Waals surface area contributed by atoms with Gasteiger partial charge in [0.15, 0.2) is 17.5 Å². The fourth-order valence-corrected chi connectivity index (χ4v) is 2.15. The number of fused-ring (bicyclic) bond motifs is 1. The van der Waals surface area contributed by atoms with E-state index in [1.54, 1.807) is 7.05 Å². The van der Waals surface area contributed by atoms with E-state index >= 15 is 0 Å². The van der Waals surface area contributed by atoms with E-state index in [2.05, 4.69) is 41.6 Å². The van der Waals surface area contributed by atoms with Crippen molar-refractivity contribution in [1.82, 2.24) is 10.6 Å². The van der Waals surface area contributed by atoms with E-state index in [-0.39, 0.29) is 29.4 Å². The average molecular weight is 405 g/mol. The van der Waals surface area contributed by atoms with Crippen molar-refractivity contribution in [3.05, 3.63) is 23.8 Å². The van der Waals surface area contributed by atoms with Crippen LogP contribution in [-0.2, 0) is 5.41 Å². The number of guanidine groups is 1. The van der Waals surface area contributed by atoms with Gasteiger partial charge in [0.25, 0.3) is 0 Å². The summed E-state index contributed by atoms with van der Waals surface area (Å²) in [7, 11) is 3.61. The van der Waals surface area contributed by atoms with Crippen molar-refractivity contribution >= 4 is 29.9 Å². The van der Waals surface area contributed by atoms with Crippen LogP contribution in [0, 0.1) is 0 Å². The minimum atomic E-state index is -0.0391. The highest BCUT2D eigenvalue weighted by Crippen LogP contribution is 2.34. The summed E-state index contributed by atoms with van der Waals surface area (Å²) in [5.74, 6) is 2.45. The molecule has 0 radical (unpaired) electrons. The Hall–Kier alpha value is -1.18. The van der Waals surface area contributed by atoms with Gasteiger partial charge in [-0.2, -0.15) is 0 Å². The number of hydrogen-bond donors (Lipinski definition) is 2. The van der Waals surface area contributed by atoms with Gasteiger partial charge in [-0.15, -0.1) is 24.0 Å². The molecule has 1 aromatic carbocycles. The molecule has 0 aliphatic carbocycles. The maximum atomic E-state index is 5.65. The van der Waals surface area contributed by atoms with Gasteiger partial charge in [0, 0.05) is 26.1 Å². The van der Waals surface area contributed by atoms with E-state index in [0.29, 0.717) is 13.2 Å². The Morgan fingerprint density at radius 1 is 1.24 bits per heavy atom. The molecule has 0 spiro atoms. The number of hydrogen-bond acceptors (Lipinski definition) is 3. The van der Waals surface area contributed by atoms with Gasteiger partial charge in [0.1, 0.15) is 13.2 Å². The average Bonchev–Trinajstić information content (AvgIpc) is 2.47. The van der Waals surface area contributed by atoms with E-state index in [1.807, 2.05) is 13.1 Å². The van der Waals surface area contributed by atoms with Gasteiger partial charge in [0.2, 0.25) is 0 Å². The van der Waals surface area contributed by atoms with Gasteiger partial charge in [0.05, 0.1) is 0 Å². The van der Waals surface area contributed by atoms with Gasteiger partial charge < -0.3 is 20.1 Å². The Kier molecular flexibility index (Phi) is 6.57. The van der Waals surface area contributed by atoms with E-state index in [4.69, 9.17) is 9.47 Å². The lowest BCUT2D eigenvalue weighted by Crippen LogP contribution is -2.42. The molecule has 1 heterocycles. The van der Waals surface area contributed by atoms with Crippen LogP contribution >= 0.6 is 24.0 Å². The third kappa shape index (κ3) is 4.39. The lowest BCUT2D eigenvalue weighted by atomic mass is 9.84. The molecule has 0 saturated carbocycles. The second-order valence-corrected chi connectivity index (χ2v) is 5.42. The van der Waals surface area contributed by atoms with Crippen LogP contribution in [0.15, 0.2) is 23.2 Å². The zero-order chi connectivity index (χ0) is 14.6. The second-order valence-electron chi connectivity index (χ2n) is 5.42. The monoisotopic (exact) mass is 405 g/mol. The lowest BCUT2D eigenvalue weighted by molar-refractivity contribution is 0.171. The third-order valence-electron chi connectivity index (χ3n) is 3.48. The van der Waals surface area contributed by atoms with E-state index in [9.17, 15) is 0 Å². The Bertz CT molecular complexity index is 504. The summed E-state index contributed by atoms with van der Waals surface area (Å²) in [5, 5.41) is 6.32. The summed E-state index contributed by atoms with van der Waals surface area (Å²) in [6, 6.07) is 6.15. The standard InChI is InChI=1S/C15H23N3O2.HI/c1-15(2,10-18-14(16-3)17-4)11-5-6-12-13(9-11)20-8-7-19-12;/h5-6,9H,7-8,10H2,1-4H3,(H2,16,17,18);1H. The van der Waals surface area contributed by atoms with E-state index in [0.717, 1.165) is 24.0 Å². The molecule has 0 aromatic heterocycles. The van der Waals surface area contributed by atoms with Gasteiger partial charge in [-0.1, -0.05) is 19.9 Å². The largest absolute Gasteiger partial charge is 0.486 e. The van der Waals surface area contributed by atoms with Crippen LogP contribution in [0.3, 0.4) is 0 Å². The zero-order valence-electron chi connectivity index (χ0n) is 13.0. The summed E-state index contributed by atoms with van der Waals surface area (Å²) >= 11 is 0. The van der Waals surface area contributed by atoms with Crippen LogP contribution in [0.5, 0.6) is 11.5 Å². The Balaban J connectivity index is 0.00000220. The van der Waals surface area contributed by atoms with Crippen molar-refractivity contribution in [1.29, 1.82) is 0 Å². The van der Waals surface area contributed by atoms with Gasteiger partial charge in [-0.3, -0.25) is 4.99 Å². The minimum Gasteiger partial charge on any atom is -0.486 e. The zero-order valence-corrected chi connectivity index (χ0v) is 15.4.